The minimum atomic E-state index is -1.52. The monoisotopic (exact) mass is 463 g/mol. The average molecular weight is 464 g/mol. The smallest absolute Gasteiger partial charge is 0.326 e. The van der Waals surface area contributed by atoms with Crippen molar-refractivity contribution in [3.05, 3.63) is 0 Å². The lowest BCUT2D eigenvalue weighted by Gasteiger charge is -2.28. The first kappa shape index (κ1) is 26.0. The number of aliphatic carboxylic acids is 1. The largest absolute Gasteiger partial charge is 0.480 e. The molecule has 0 saturated carbocycles. The molecule has 1 saturated heterocycles. The minimum Gasteiger partial charge on any atom is -0.480 e. The van der Waals surface area contributed by atoms with E-state index in [1.54, 1.807) is 11.8 Å². The highest BCUT2D eigenvalue weighted by atomic mass is 32.2. The zero-order valence-electron chi connectivity index (χ0n) is 16.7. The molecule has 11 nitrogen and oxygen atoms in total. The van der Waals surface area contributed by atoms with Crippen LogP contribution in [0.1, 0.15) is 25.7 Å². The fourth-order valence-electron chi connectivity index (χ4n) is 3.02. The first-order chi connectivity index (χ1) is 14.1. The van der Waals surface area contributed by atoms with E-state index in [0.29, 0.717) is 25.8 Å². The van der Waals surface area contributed by atoms with Crippen molar-refractivity contribution in [3.8, 4) is 0 Å². The SMILES string of the molecule is CSCCC(N)C(=O)N1CCCC1C(=O)NC(CS)C(=O)NC(CC(N)=O)C(=O)O. The van der Waals surface area contributed by atoms with Gasteiger partial charge in [-0.3, -0.25) is 19.2 Å². The number of carboxylic acids is 1. The molecule has 4 unspecified atom stereocenters. The van der Waals surface area contributed by atoms with E-state index in [2.05, 4.69) is 23.3 Å². The maximum atomic E-state index is 12.7. The Labute approximate surface area is 184 Å². The topological polar surface area (TPSA) is 185 Å². The molecule has 1 fully saturated rings. The summed E-state index contributed by atoms with van der Waals surface area (Å²) in [6, 6.07) is -4.15. The summed E-state index contributed by atoms with van der Waals surface area (Å²) >= 11 is 5.60. The fourth-order valence-corrected chi connectivity index (χ4v) is 3.77. The van der Waals surface area contributed by atoms with Gasteiger partial charge >= 0.3 is 5.97 Å². The van der Waals surface area contributed by atoms with Crippen molar-refractivity contribution in [2.75, 3.05) is 24.3 Å². The van der Waals surface area contributed by atoms with Crippen LogP contribution in [-0.4, -0.2) is 88.1 Å². The summed E-state index contributed by atoms with van der Waals surface area (Å²) < 4.78 is 0. The molecule has 13 heteroatoms. The van der Waals surface area contributed by atoms with E-state index in [-0.39, 0.29) is 11.7 Å². The third-order valence-corrected chi connectivity index (χ3v) is 5.63. The lowest BCUT2D eigenvalue weighted by Crippen LogP contribution is -2.57. The number of rotatable bonds is 12. The standard InChI is InChI=1S/C17H29N5O6S2/c1-30-6-4-9(18)16(26)22-5-2-3-12(22)15(25)21-11(8-29)14(24)20-10(17(27)28)7-13(19)23/h9-12,29H,2-8,18H2,1H3,(H2,19,23)(H,20,24)(H,21,25)(H,27,28). The number of nitrogens with zero attached hydrogens (tertiary/aromatic N) is 1. The predicted molar refractivity (Wildman–Crippen MR) is 115 cm³/mol. The summed E-state index contributed by atoms with van der Waals surface area (Å²) in [7, 11) is 0. The Morgan fingerprint density at radius 1 is 1.23 bits per heavy atom. The number of carboxylic acid groups (broad SMARTS) is 1. The molecule has 1 aliphatic heterocycles. The number of amides is 4. The number of thioether (sulfide) groups is 1. The molecule has 0 aromatic rings. The lowest BCUT2D eigenvalue weighted by atomic mass is 10.1. The fraction of sp³-hybridized carbons (Fsp3) is 0.706. The molecule has 1 heterocycles. The molecule has 0 radical (unpaired) electrons. The lowest BCUT2D eigenvalue weighted by molar-refractivity contribution is -0.144. The van der Waals surface area contributed by atoms with Gasteiger partial charge in [-0.1, -0.05) is 0 Å². The van der Waals surface area contributed by atoms with Crippen LogP contribution in [0.25, 0.3) is 0 Å². The summed E-state index contributed by atoms with van der Waals surface area (Å²) in [6.07, 6.45) is 2.85. The van der Waals surface area contributed by atoms with E-state index in [0.717, 1.165) is 5.75 Å². The van der Waals surface area contributed by atoms with Crippen LogP contribution in [0, 0.1) is 0 Å². The van der Waals surface area contributed by atoms with Crippen molar-refractivity contribution >= 4 is 54.0 Å². The summed E-state index contributed by atoms with van der Waals surface area (Å²) in [5, 5.41) is 13.8. The van der Waals surface area contributed by atoms with Crippen LogP contribution < -0.4 is 22.1 Å². The van der Waals surface area contributed by atoms with E-state index in [1.165, 1.54) is 4.90 Å². The summed E-state index contributed by atoms with van der Waals surface area (Å²) in [5.41, 5.74) is 10.9. The van der Waals surface area contributed by atoms with Gasteiger partial charge < -0.3 is 32.1 Å². The van der Waals surface area contributed by atoms with Crippen LogP contribution in [0.2, 0.25) is 0 Å². The van der Waals surface area contributed by atoms with Crippen molar-refractivity contribution in [3.63, 3.8) is 0 Å². The van der Waals surface area contributed by atoms with Crippen molar-refractivity contribution < 1.29 is 29.1 Å². The molecule has 0 aromatic carbocycles. The van der Waals surface area contributed by atoms with Crippen molar-refractivity contribution in [2.45, 2.75) is 49.9 Å². The molecular formula is C17H29N5O6S2. The van der Waals surface area contributed by atoms with Gasteiger partial charge in [0.15, 0.2) is 0 Å². The number of carbonyl (C=O) groups excluding carboxylic acids is 4. The molecule has 0 spiro atoms. The molecular weight excluding hydrogens is 434 g/mol. The van der Waals surface area contributed by atoms with Crippen LogP contribution in [-0.2, 0) is 24.0 Å². The van der Waals surface area contributed by atoms with E-state index in [9.17, 15) is 24.0 Å². The van der Waals surface area contributed by atoms with Gasteiger partial charge in [-0.2, -0.15) is 24.4 Å². The second kappa shape index (κ2) is 12.6. The number of carbonyl (C=O) groups is 5. The molecule has 170 valence electrons. The zero-order chi connectivity index (χ0) is 22.8. The third kappa shape index (κ3) is 7.69. The highest BCUT2D eigenvalue weighted by molar-refractivity contribution is 7.98. The van der Waals surface area contributed by atoms with Gasteiger partial charge in [0.05, 0.1) is 12.5 Å². The quantitative estimate of drug-likeness (QED) is 0.178. The van der Waals surface area contributed by atoms with Gasteiger partial charge in [-0.05, 0) is 31.3 Å². The molecule has 7 N–H and O–H groups in total. The van der Waals surface area contributed by atoms with Gasteiger partial charge in [0.25, 0.3) is 0 Å². The van der Waals surface area contributed by atoms with Crippen LogP contribution in [0.3, 0.4) is 0 Å². The Bertz CT molecular complexity index is 665. The van der Waals surface area contributed by atoms with Crippen molar-refractivity contribution in [2.24, 2.45) is 11.5 Å². The maximum Gasteiger partial charge on any atom is 0.326 e. The summed E-state index contributed by atoms with van der Waals surface area (Å²) in [6.45, 7) is 0.390. The minimum absolute atomic E-state index is 0.117. The van der Waals surface area contributed by atoms with E-state index in [1.807, 2.05) is 6.26 Å². The van der Waals surface area contributed by atoms with E-state index in [4.69, 9.17) is 16.6 Å². The van der Waals surface area contributed by atoms with E-state index < -0.39 is 54.3 Å². The molecule has 4 atom stereocenters. The highest BCUT2D eigenvalue weighted by Gasteiger charge is 2.37. The number of nitrogens with one attached hydrogen (secondary N) is 2. The Hall–Kier alpha value is -1.99. The second-order valence-corrected chi connectivity index (χ2v) is 8.24. The molecule has 1 aliphatic rings. The molecule has 0 aliphatic carbocycles. The predicted octanol–water partition coefficient (Wildman–Crippen LogP) is -2.08. The third-order valence-electron chi connectivity index (χ3n) is 4.62. The Kier molecular flexibility index (Phi) is 11.0. The van der Waals surface area contributed by atoms with Crippen LogP contribution >= 0.6 is 24.4 Å². The van der Waals surface area contributed by atoms with Crippen molar-refractivity contribution in [1.29, 1.82) is 0 Å². The van der Waals surface area contributed by atoms with E-state index >= 15 is 0 Å². The number of primary amides is 1. The number of thiol groups is 1. The average Bonchev–Trinajstić information content (AvgIpc) is 3.18. The number of hydrogen-bond donors (Lipinski definition) is 6. The summed E-state index contributed by atoms with van der Waals surface area (Å²) in [5.74, 6) is -3.41. The zero-order valence-corrected chi connectivity index (χ0v) is 18.4. The van der Waals surface area contributed by atoms with Crippen LogP contribution in [0.5, 0.6) is 0 Å². The molecule has 0 aromatic heterocycles. The highest BCUT2D eigenvalue weighted by Crippen LogP contribution is 2.19. The first-order valence-corrected chi connectivity index (χ1v) is 11.4. The molecule has 4 amide bonds. The number of likely N-dealkylation sites (tertiary alicyclic amines) is 1. The first-order valence-electron chi connectivity index (χ1n) is 9.40. The van der Waals surface area contributed by atoms with Gasteiger partial charge in [-0.25, -0.2) is 4.79 Å². The Morgan fingerprint density at radius 2 is 1.90 bits per heavy atom. The Balaban J connectivity index is 2.76. The van der Waals surface area contributed by atoms with Gasteiger partial charge in [0, 0.05) is 12.3 Å². The van der Waals surface area contributed by atoms with Gasteiger partial charge in [0.1, 0.15) is 18.1 Å². The number of hydrogen-bond acceptors (Lipinski definition) is 8. The van der Waals surface area contributed by atoms with Gasteiger partial charge in [0.2, 0.25) is 23.6 Å². The second-order valence-electron chi connectivity index (χ2n) is 6.89. The molecule has 30 heavy (non-hydrogen) atoms. The molecule has 0 bridgehead atoms. The Morgan fingerprint density at radius 3 is 2.43 bits per heavy atom. The van der Waals surface area contributed by atoms with Gasteiger partial charge in [-0.15, -0.1) is 0 Å². The maximum absolute atomic E-state index is 12.7. The van der Waals surface area contributed by atoms with Crippen LogP contribution in [0.4, 0.5) is 0 Å². The van der Waals surface area contributed by atoms with Crippen LogP contribution in [0.15, 0.2) is 0 Å². The molecule has 1 rings (SSSR count). The number of nitrogens with two attached hydrogens (primary N) is 2. The normalized spacial score (nSPS) is 18.9. The summed E-state index contributed by atoms with van der Waals surface area (Å²) in [4.78, 5) is 61.3. The van der Waals surface area contributed by atoms with Crippen molar-refractivity contribution in [1.82, 2.24) is 15.5 Å².